The van der Waals surface area contributed by atoms with Crippen LogP contribution in [0.2, 0.25) is 0 Å². The van der Waals surface area contributed by atoms with Gasteiger partial charge in [-0.25, -0.2) is 0 Å². The van der Waals surface area contributed by atoms with Crippen LogP contribution >= 0.6 is 0 Å². The number of aromatic nitrogens is 1. The van der Waals surface area contributed by atoms with Crippen LogP contribution in [0.1, 0.15) is 22.8 Å². The van der Waals surface area contributed by atoms with Crippen molar-refractivity contribution in [2.24, 2.45) is 5.16 Å². The lowest BCUT2D eigenvalue weighted by molar-refractivity contribution is 0.0926. The zero-order valence-corrected chi connectivity index (χ0v) is 16.2. The van der Waals surface area contributed by atoms with Crippen molar-refractivity contribution in [3.05, 3.63) is 53.7 Å². The van der Waals surface area contributed by atoms with Gasteiger partial charge in [0, 0.05) is 30.8 Å². The summed E-state index contributed by atoms with van der Waals surface area (Å²) in [4.78, 5) is 20.0. The molecule has 0 aliphatic carbocycles. The van der Waals surface area contributed by atoms with Crippen LogP contribution in [0, 0.1) is 0 Å². The van der Waals surface area contributed by atoms with E-state index in [1.54, 1.807) is 7.11 Å². The van der Waals surface area contributed by atoms with E-state index in [1.165, 1.54) is 7.11 Å². The van der Waals surface area contributed by atoms with Gasteiger partial charge in [-0.3, -0.25) is 9.69 Å². The fourth-order valence-corrected chi connectivity index (χ4v) is 3.30. The van der Waals surface area contributed by atoms with Crippen LogP contribution in [-0.2, 0) is 9.57 Å². The van der Waals surface area contributed by atoms with Crippen molar-refractivity contribution in [1.82, 2.24) is 9.30 Å². The van der Waals surface area contributed by atoms with Crippen LogP contribution in [0.5, 0.6) is 0 Å². The molecule has 0 N–H and O–H groups in total. The van der Waals surface area contributed by atoms with Crippen molar-refractivity contribution >= 4 is 27.9 Å². The maximum atomic E-state index is 13.1. The second-order valence-corrected chi connectivity index (χ2v) is 6.58. The average Bonchev–Trinajstić information content (AvgIpc) is 3.00. The molecule has 0 aliphatic rings. The second kappa shape index (κ2) is 8.33. The van der Waals surface area contributed by atoms with E-state index < -0.39 is 0 Å². The predicted molar refractivity (Wildman–Crippen MR) is 108 cm³/mol. The normalized spacial score (nSPS) is 12.3. The van der Waals surface area contributed by atoms with E-state index in [-0.39, 0.29) is 5.78 Å². The number of rotatable bonds is 8. The summed E-state index contributed by atoms with van der Waals surface area (Å²) in [5.74, 6) is 0.0994. The number of hydrogen-bond acceptors (Lipinski definition) is 5. The Balaban J connectivity index is 2.09. The molecule has 3 rings (SSSR count). The molecular weight excluding hydrogens is 342 g/mol. The Morgan fingerprint density at radius 3 is 2.74 bits per heavy atom. The summed E-state index contributed by atoms with van der Waals surface area (Å²) in [6.07, 6.45) is 1.98. The molecule has 2 heterocycles. The van der Waals surface area contributed by atoms with E-state index in [2.05, 4.69) is 9.56 Å². The summed E-state index contributed by atoms with van der Waals surface area (Å²) in [6, 6.07) is 11.9. The fraction of sp³-hybridized carbons (Fsp3) is 0.333. The Labute approximate surface area is 159 Å². The minimum atomic E-state index is 0.0994. The SMILES string of the molecule is COCCN(C)CC(=O)c1c2ccc(/C(C)=N/OC)cc2n2ccccc12. The smallest absolute Gasteiger partial charge is 0.179 e. The lowest BCUT2D eigenvalue weighted by Crippen LogP contribution is -2.29. The van der Waals surface area contributed by atoms with Gasteiger partial charge in [-0.1, -0.05) is 23.4 Å². The number of carbonyl (C=O) groups excluding carboxylic acids is 1. The predicted octanol–water partition coefficient (Wildman–Crippen LogP) is 3.22. The van der Waals surface area contributed by atoms with Crippen LogP contribution < -0.4 is 0 Å². The molecule has 2 aromatic heterocycles. The Morgan fingerprint density at radius 1 is 1.19 bits per heavy atom. The minimum Gasteiger partial charge on any atom is -0.399 e. The molecule has 0 bridgehead atoms. The number of Topliss-reactive ketones (excluding diaryl/α,β-unsaturated/α-hetero) is 1. The summed E-state index contributed by atoms with van der Waals surface area (Å²) in [5.41, 5.74) is 4.40. The summed E-state index contributed by atoms with van der Waals surface area (Å²) in [7, 11) is 5.13. The zero-order chi connectivity index (χ0) is 19.4. The highest BCUT2D eigenvalue weighted by molar-refractivity contribution is 6.16. The number of likely N-dealkylation sites (N-methyl/N-ethyl adjacent to an activating group) is 1. The molecule has 0 radical (unpaired) electrons. The second-order valence-electron chi connectivity index (χ2n) is 6.58. The molecule has 0 amide bonds. The first-order valence-corrected chi connectivity index (χ1v) is 8.88. The van der Waals surface area contributed by atoms with E-state index in [0.29, 0.717) is 19.7 Å². The fourth-order valence-electron chi connectivity index (χ4n) is 3.30. The van der Waals surface area contributed by atoms with Crippen LogP contribution in [0.15, 0.2) is 47.8 Å². The molecule has 0 aliphatic heterocycles. The van der Waals surface area contributed by atoms with Gasteiger partial charge >= 0.3 is 0 Å². The van der Waals surface area contributed by atoms with E-state index in [4.69, 9.17) is 9.57 Å². The highest BCUT2D eigenvalue weighted by Crippen LogP contribution is 2.28. The number of hydrogen-bond donors (Lipinski definition) is 0. The van der Waals surface area contributed by atoms with Crippen LogP contribution in [0.4, 0.5) is 0 Å². The first kappa shape index (κ1) is 19.1. The molecular formula is C21H25N3O3. The molecule has 6 nitrogen and oxygen atoms in total. The maximum Gasteiger partial charge on any atom is 0.179 e. The van der Waals surface area contributed by atoms with Gasteiger partial charge in [0.05, 0.1) is 35.5 Å². The number of ketones is 1. The first-order valence-electron chi connectivity index (χ1n) is 8.88. The van der Waals surface area contributed by atoms with Crippen molar-refractivity contribution < 1.29 is 14.4 Å². The van der Waals surface area contributed by atoms with Gasteiger partial charge in [-0.05, 0) is 32.2 Å². The average molecular weight is 367 g/mol. The van der Waals surface area contributed by atoms with Crippen molar-refractivity contribution in [2.75, 3.05) is 41.0 Å². The van der Waals surface area contributed by atoms with E-state index in [9.17, 15) is 4.79 Å². The molecule has 6 heteroatoms. The lowest BCUT2D eigenvalue weighted by Gasteiger charge is -2.14. The maximum absolute atomic E-state index is 13.1. The number of carbonyl (C=O) groups is 1. The Hall–Kier alpha value is -2.70. The van der Waals surface area contributed by atoms with Gasteiger partial charge in [0.25, 0.3) is 0 Å². The standard InChI is InChI=1S/C21H25N3O3/c1-15(22-27-4)16-8-9-17-19(13-16)24-10-6-5-7-18(24)21(17)20(25)14-23(2)11-12-26-3/h5-10,13H,11-12,14H2,1-4H3/b22-15+. The summed E-state index contributed by atoms with van der Waals surface area (Å²) >= 11 is 0. The van der Waals surface area contributed by atoms with Crippen LogP contribution in [-0.4, -0.2) is 61.8 Å². The Kier molecular flexibility index (Phi) is 5.88. The van der Waals surface area contributed by atoms with Crippen molar-refractivity contribution in [2.45, 2.75) is 6.92 Å². The van der Waals surface area contributed by atoms with Crippen molar-refractivity contribution in [3.63, 3.8) is 0 Å². The van der Waals surface area contributed by atoms with Crippen molar-refractivity contribution in [3.8, 4) is 0 Å². The molecule has 3 aromatic rings. The minimum absolute atomic E-state index is 0.0994. The Bertz CT molecular complexity index is 991. The van der Waals surface area contributed by atoms with Gasteiger partial charge in [0.2, 0.25) is 0 Å². The molecule has 0 unspecified atom stereocenters. The Morgan fingerprint density at radius 2 is 2.00 bits per heavy atom. The summed E-state index contributed by atoms with van der Waals surface area (Å²) < 4.78 is 7.16. The molecule has 0 saturated heterocycles. The third kappa shape index (κ3) is 3.86. The molecule has 0 fully saturated rings. The van der Waals surface area contributed by atoms with Crippen LogP contribution in [0.25, 0.3) is 16.4 Å². The summed E-state index contributed by atoms with van der Waals surface area (Å²) in [5, 5.41) is 4.96. The van der Waals surface area contributed by atoms with Gasteiger partial charge in [-0.15, -0.1) is 0 Å². The van der Waals surface area contributed by atoms with E-state index in [1.807, 2.05) is 61.5 Å². The van der Waals surface area contributed by atoms with Gasteiger partial charge in [0.15, 0.2) is 5.78 Å². The van der Waals surface area contributed by atoms with Gasteiger partial charge in [0.1, 0.15) is 7.11 Å². The molecule has 1 aromatic carbocycles. The number of nitrogens with zero attached hydrogens (tertiary/aromatic N) is 3. The zero-order valence-electron chi connectivity index (χ0n) is 16.2. The largest absolute Gasteiger partial charge is 0.399 e. The molecule has 0 spiro atoms. The highest BCUT2D eigenvalue weighted by Gasteiger charge is 2.19. The molecule has 142 valence electrons. The van der Waals surface area contributed by atoms with E-state index in [0.717, 1.165) is 33.3 Å². The first-order chi connectivity index (χ1) is 13.1. The lowest BCUT2D eigenvalue weighted by atomic mass is 10.0. The third-order valence-corrected chi connectivity index (χ3v) is 4.66. The number of fused-ring (bicyclic) bond motifs is 3. The summed E-state index contributed by atoms with van der Waals surface area (Å²) in [6.45, 7) is 3.56. The number of methoxy groups -OCH3 is 1. The number of pyridine rings is 1. The molecule has 0 saturated carbocycles. The number of oxime groups is 1. The topological polar surface area (TPSA) is 55.5 Å². The number of benzene rings is 1. The van der Waals surface area contributed by atoms with Gasteiger partial charge < -0.3 is 14.0 Å². The monoisotopic (exact) mass is 367 g/mol. The molecule has 0 atom stereocenters. The molecule has 27 heavy (non-hydrogen) atoms. The van der Waals surface area contributed by atoms with Gasteiger partial charge in [-0.2, -0.15) is 0 Å². The van der Waals surface area contributed by atoms with Crippen LogP contribution in [0.3, 0.4) is 0 Å². The van der Waals surface area contributed by atoms with E-state index >= 15 is 0 Å². The highest BCUT2D eigenvalue weighted by atomic mass is 16.6. The number of ether oxygens (including phenoxy) is 1. The third-order valence-electron chi connectivity index (χ3n) is 4.66. The van der Waals surface area contributed by atoms with Crippen molar-refractivity contribution in [1.29, 1.82) is 0 Å². The quantitative estimate of drug-likeness (QED) is 0.348.